The number of nitrogens with zero attached hydrogens (tertiary/aromatic N) is 1. The van der Waals surface area contributed by atoms with Crippen molar-refractivity contribution in [2.24, 2.45) is 0 Å². The van der Waals surface area contributed by atoms with Gasteiger partial charge in [0.2, 0.25) is 5.91 Å². The molecule has 3 aromatic rings. The van der Waals surface area contributed by atoms with E-state index in [2.05, 4.69) is 22.4 Å². The lowest BCUT2D eigenvalue weighted by Crippen LogP contribution is -2.14. The number of aromatic nitrogens is 1. The number of fused-ring (bicyclic) bond motifs is 1. The van der Waals surface area contributed by atoms with Gasteiger partial charge in [-0.25, -0.2) is 9.37 Å². The summed E-state index contributed by atoms with van der Waals surface area (Å²) in [5.74, 6) is 0.0683. The summed E-state index contributed by atoms with van der Waals surface area (Å²) >= 11 is 1.31. The quantitative estimate of drug-likeness (QED) is 0.700. The minimum atomic E-state index is -0.360. The third-order valence-corrected chi connectivity index (χ3v) is 5.47. The zero-order chi connectivity index (χ0) is 18.8. The average Bonchev–Trinajstić information content (AvgIpc) is 3.30. The van der Waals surface area contributed by atoms with Gasteiger partial charge in [0.1, 0.15) is 11.6 Å². The predicted octanol–water partition coefficient (Wildman–Crippen LogP) is 4.63. The summed E-state index contributed by atoms with van der Waals surface area (Å²) in [6.45, 7) is 0. The van der Waals surface area contributed by atoms with Crippen molar-refractivity contribution < 1.29 is 13.9 Å². The molecule has 1 amide bonds. The van der Waals surface area contributed by atoms with Crippen LogP contribution in [0, 0.1) is 5.82 Å². The molecular formula is C21H19FN2O2S. The highest BCUT2D eigenvalue weighted by molar-refractivity contribution is 7.14. The van der Waals surface area contributed by atoms with Gasteiger partial charge in [-0.2, -0.15) is 0 Å². The Morgan fingerprint density at radius 1 is 1.22 bits per heavy atom. The second-order valence-corrected chi connectivity index (χ2v) is 7.42. The number of hydrogen-bond acceptors (Lipinski definition) is 4. The van der Waals surface area contributed by atoms with Crippen molar-refractivity contribution in [1.29, 1.82) is 0 Å². The van der Waals surface area contributed by atoms with Crippen molar-refractivity contribution in [2.75, 3.05) is 12.4 Å². The number of thiazole rings is 1. The molecule has 4 nitrogen and oxygen atoms in total. The van der Waals surface area contributed by atoms with E-state index in [-0.39, 0.29) is 11.7 Å². The molecule has 0 spiro atoms. The number of hydrogen-bond donors (Lipinski definition) is 1. The van der Waals surface area contributed by atoms with Gasteiger partial charge in [-0.1, -0.05) is 18.2 Å². The monoisotopic (exact) mass is 382 g/mol. The molecule has 27 heavy (non-hydrogen) atoms. The molecular weight excluding hydrogens is 363 g/mol. The summed E-state index contributed by atoms with van der Waals surface area (Å²) in [6, 6.07) is 10.6. The number of aryl methyl sites for hydroxylation is 2. The van der Waals surface area contributed by atoms with Gasteiger partial charge in [0.25, 0.3) is 0 Å². The summed E-state index contributed by atoms with van der Waals surface area (Å²) in [4.78, 5) is 16.8. The van der Waals surface area contributed by atoms with Gasteiger partial charge in [-0.3, -0.25) is 4.79 Å². The molecule has 0 unspecified atom stereocenters. The Morgan fingerprint density at radius 3 is 2.93 bits per heavy atom. The summed E-state index contributed by atoms with van der Waals surface area (Å²) in [6.07, 6.45) is 3.73. The van der Waals surface area contributed by atoms with Crippen LogP contribution in [0.2, 0.25) is 0 Å². The van der Waals surface area contributed by atoms with E-state index in [4.69, 9.17) is 4.74 Å². The molecule has 4 rings (SSSR count). The van der Waals surface area contributed by atoms with E-state index in [1.807, 2.05) is 6.07 Å². The third kappa shape index (κ3) is 3.85. The van der Waals surface area contributed by atoms with Crippen LogP contribution in [0.15, 0.2) is 41.8 Å². The van der Waals surface area contributed by atoms with Gasteiger partial charge in [0.15, 0.2) is 5.13 Å². The highest BCUT2D eigenvalue weighted by Crippen LogP contribution is 2.33. The lowest BCUT2D eigenvalue weighted by atomic mass is 10.0. The van der Waals surface area contributed by atoms with Crippen molar-refractivity contribution in [3.63, 3.8) is 0 Å². The van der Waals surface area contributed by atoms with Crippen LogP contribution in [0.5, 0.6) is 5.75 Å². The van der Waals surface area contributed by atoms with E-state index in [9.17, 15) is 9.18 Å². The first-order chi connectivity index (χ1) is 13.1. The fraction of sp³-hybridized carbons (Fsp3) is 0.238. The molecule has 0 atom stereocenters. The standard InChI is InChI=1S/C21H19FN2O2S/c1-26-19-8-7-16(22)11-17(19)18-12-27-21(23-18)24-20(25)10-13-5-6-14-3-2-4-15(14)9-13/h5-9,11-12H,2-4,10H2,1H3,(H,23,24,25). The van der Waals surface area contributed by atoms with Crippen LogP contribution in [0.1, 0.15) is 23.1 Å². The first-order valence-electron chi connectivity index (χ1n) is 8.82. The molecule has 0 radical (unpaired) electrons. The van der Waals surface area contributed by atoms with Crippen LogP contribution in [-0.2, 0) is 24.1 Å². The number of halogens is 1. The maximum absolute atomic E-state index is 13.6. The number of ether oxygens (including phenoxy) is 1. The van der Waals surface area contributed by atoms with Crippen LogP contribution in [0.25, 0.3) is 11.3 Å². The lowest BCUT2D eigenvalue weighted by Gasteiger charge is -2.06. The molecule has 1 heterocycles. The Labute approximate surface area is 161 Å². The number of benzene rings is 2. The molecule has 6 heteroatoms. The minimum absolute atomic E-state index is 0.111. The fourth-order valence-corrected chi connectivity index (χ4v) is 4.15. The van der Waals surface area contributed by atoms with E-state index in [1.54, 1.807) is 11.4 Å². The Balaban J connectivity index is 1.46. The third-order valence-electron chi connectivity index (χ3n) is 4.72. The van der Waals surface area contributed by atoms with Crippen LogP contribution in [-0.4, -0.2) is 18.0 Å². The fourth-order valence-electron chi connectivity index (χ4n) is 3.42. The molecule has 138 valence electrons. The Morgan fingerprint density at radius 2 is 2.07 bits per heavy atom. The smallest absolute Gasteiger partial charge is 0.230 e. The largest absolute Gasteiger partial charge is 0.496 e. The summed E-state index contributed by atoms with van der Waals surface area (Å²) in [5.41, 5.74) is 4.90. The van der Waals surface area contributed by atoms with Crippen molar-refractivity contribution in [1.82, 2.24) is 4.98 Å². The number of amides is 1. The molecule has 0 aliphatic heterocycles. The van der Waals surface area contributed by atoms with E-state index >= 15 is 0 Å². The maximum Gasteiger partial charge on any atom is 0.230 e. The number of nitrogens with one attached hydrogen (secondary N) is 1. The first kappa shape index (κ1) is 17.7. The topological polar surface area (TPSA) is 51.2 Å². The summed E-state index contributed by atoms with van der Waals surface area (Å²) in [5, 5.41) is 5.10. The second kappa shape index (κ2) is 7.48. The average molecular weight is 382 g/mol. The Bertz CT molecular complexity index is 1000. The highest BCUT2D eigenvalue weighted by Gasteiger charge is 2.15. The van der Waals surface area contributed by atoms with Gasteiger partial charge >= 0.3 is 0 Å². The molecule has 1 N–H and O–H groups in total. The van der Waals surface area contributed by atoms with E-state index < -0.39 is 0 Å². The van der Waals surface area contributed by atoms with Crippen molar-refractivity contribution in [2.45, 2.75) is 25.7 Å². The number of rotatable bonds is 5. The van der Waals surface area contributed by atoms with Gasteiger partial charge in [-0.05, 0) is 54.2 Å². The Hall–Kier alpha value is -2.73. The summed E-state index contributed by atoms with van der Waals surface area (Å²) < 4.78 is 18.8. The molecule has 0 saturated carbocycles. The van der Waals surface area contributed by atoms with Crippen LogP contribution in [0.4, 0.5) is 9.52 Å². The molecule has 1 aliphatic carbocycles. The zero-order valence-corrected chi connectivity index (χ0v) is 15.7. The number of carbonyl (C=O) groups is 1. The van der Waals surface area contributed by atoms with Gasteiger partial charge in [0, 0.05) is 10.9 Å². The maximum atomic E-state index is 13.6. The van der Waals surface area contributed by atoms with Gasteiger partial charge < -0.3 is 10.1 Å². The zero-order valence-electron chi connectivity index (χ0n) is 14.9. The Kier molecular flexibility index (Phi) is 4.90. The molecule has 1 aliphatic rings. The van der Waals surface area contributed by atoms with Crippen molar-refractivity contribution in [3.8, 4) is 17.0 Å². The first-order valence-corrected chi connectivity index (χ1v) is 9.70. The predicted molar refractivity (Wildman–Crippen MR) is 105 cm³/mol. The molecule has 0 saturated heterocycles. The van der Waals surface area contributed by atoms with E-state index in [0.29, 0.717) is 28.6 Å². The lowest BCUT2D eigenvalue weighted by molar-refractivity contribution is -0.115. The molecule has 2 aromatic carbocycles. The highest BCUT2D eigenvalue weighted by atomic mass is 32.1. The summed E-state index contributed by atoms with van der Waals surface area (Å²) in [7, 11) is 1.53. The second-order valence-electron chi connectivity index (χ2n) is 6.56. The molecule has 1 aromatic heterocycles. The molecule has 0 bridgehead atoms. The minimum Gasteiger partial charge on any atom is -0.496 e. The van der Waals surface area contributed by atoms with Crippen LogP contribution >= 0.6 is 11.3 Å². The molecule has 0 fully saturated rings. The number of anilines is 1. The van der Waals surface area contributed by atoms with E-state index in [0.717, 1.165) is 18.4 Å². The van der Waals surface area contributed by atoms with Crippen LogP contribution < -0.4 is 10.1 Å². The number of carbonyl (C=O) groups excluding carboxylic acids is 1. The van der Waals surface area contributed by atoms with Crippen LogP contribution in [0.3, 0.4) is 0 Å². The van der Waals surface area contributed by atoms with E-state index in [1.165, 1.54) is 48.1 Å². The van der Waals surface area contributed by atoms with Crippen molar-refractivity contribution in [3.05, 3.63) is 64.3 Å². The number of methoxy groups -OCH3 is 1. The normalized spacial score (nSPS) is 12.7. The van der Waals surface area contributed by atoms with Crippen molar-refractivity contribution >= 4 is 22.4 Å². The van der Waals surface area contributed by atoms with Gasteiger partial charge in [0.05, 0.1) is 19.2 Å². The SMILES string of the molecule is COc1ccc(F)cc1-c1csc(NC(=O)Cc2ccc3c(c2)CCC3)n1. The van der Waals surface area contributed by atoms with Gasteiger partial charge in [-0.15, -0.1) is 11.3 Å².